The highest BCUT2D eigenvalue weighted by Gasteiger charge is 2.42. The molecule has 2 rings (SSSR count). The maximum Gasteiger partial charge on any atom is 0.365 e. The average Bonchev–Trinajstić information content (AvgIpc) is 3.20. The molecule has 0 saturated carbocycles. The summed E-state index contributed by atoms with van der Waals surface area (Å²) in [5, 5.41) is 0. The zero-order chi connectivity index (χ0) is 46.6. The number of halogens is 3. The number of rotatable bonds is 22. The minimum atomic E-state index is -0.784. The number of hydrogen-bond acceptors (Lipinski definition) is 6. The molecule has 2 aliphatic rings. The molecule has 0 heterocycles. The highest BCUT2D eigenvalue weighted by molar-refractivity contribution is 6.02. The van der Waals surface area contributed by atoms with Crippen LogP contribution in [-0.4, -0.2) is 54.3 Å². The van der Waals surface area contributed by atoms with Gasteiger partial charge in [-0.25, -0.2) is 9.59 Å². The van der Waals surface area contributed by atoms with Crippen LogP contribution >= 0.6 is 0 Å². The van der Waals surface area contributed by atoms with Crippen LogP contribution in [0.1, 0.15) is 134 Å². The van der Waals surface area contributed by atoms with Crippen molar-refractivity contribution in [2.24, 2.45) is 10.8 Å². The summed E-state index contributed by atoms with van der Waals surface area (Å²) in [5.74, 6) is -1.06. The molecule has 0 saturated heterocycles. The largest absolute Gasteiger partial charge is 1.00 e. The van der Waals surface area contributed by atoms with Gasteiger partial charge in [0.05, 0.1) is 6.54 Å². The fourth-order valence-electron chi connectivity index (χ4n) is 7.67. The number of hydrogen-bond donors (Lipinski definition) is 3. The van der Waals surface area contributed by atoms with Gasteiger partial charge in [-0.15, -0.1) is 0 Å². The summed E-state index contributed by atoms with van der Waals surface area (Å²) >= 11 is 0. The summed E-state index contributed by atoms with van der Waals surface area (Å²) in [7, 11) is 0. The Morgan fingerprint density at radius 2 is 0.938 bits per heavy atom. The number of ketones is 2. The lowest BCUT2D eigenvalue weighted by Crippen LogP contribution is -3.00. The molecule has 0 bridgehead atoms. The number of ether oxygens (including phenoxy) is 2. The molecule has 12 heteroatoms. The molecule has 0 aromatic heterocycles. The van der Waals surface area contributed by atoms with Crippen molar-refractivity contribution < 1.29 is 83.1 Å². The van der Waals surface area contributed by atoms with Gasteiger partial charge in [-0.3, -0.25) is 9.59 Å². The summed E-state index contributed by atoms with van der Waals surface area (Å²) in [6.45, 7) is 23.1. The molecule has 2 aliphatic carbocycles. The van der Waals surface area contributed by atoms with Gasteiger partial charge in [0, 0.05) is 25.7 Å². The predicted molar refractivity (Wildman–Crippen MR) is 252 cm³/mol. The van der Waals surface area contributed by atoms with Gasteiger partial charge >= 0.3 is 11.9 Å². The lowest BCUT2D eigenvalue weighted by molar-refractivity contribution is -0.411. The van der Waals surface area contributed by atoms with Crippen molar-refractivity contribution in [2.75, 3.05) is 6.54 Å². The number of allylic oxidation sites excluding steroid dienone is 20. The Morgan fingerprint density at radius 3 is 1.29 bits per heavy atom. The molecule has 0 aliphatic heterocycles. The highest BCUT2D eigenvalue weighted by Crippen LogP contribution is 2.42. The highest BCUT2D eigenvalue weighted by atomic mass is 35.5. The van der Waals surface area contributed by atoms with Crippen LogP contribution in [0.2, 0.25) is 0 Å². The van der Waals surface area contributed by atoms with Gasteiger partial charge in [-0.2, -0.15) is 0 Å². The molecular formula is C53H80Cl3N3O6. The fourth-order valence-corrected chi connectivity index (χ4v) is 7.67. The minimum absolute atomic E-state index is 0. The van der Waals surface area contributed by atoms with Crippen LogP contribution < -0.4 is 54.4 Å². The summed E-state index contributed by atoms with van der Waals surface area (Å²) in [5.41, 5.74) is 18.6. The Labute approximate surface area is 409 Å². The van der Waals surface area contributed by atoms with Gasteiger partial charge in [0.1, 0.15) is 0 Å². The Kier molecular flexibility index (Phi) is 30.4. The van der Waals surface area contributed by atoms with Crippen LogP contribution in [0.15, 0.2) is 130 Å². The second kappa shape index (κ2) is 31.2. The molecular weight excluding hydrogens is 881 g/mol. The molecule has 0 radical (unpaired) electrons. The first-order chi connectivity index (χ1) is 29.1. The van der Waals surface area contributed by atoms with E-state index in [4.69, 9.17) is 9.47 Å². The number of unbranched alkanes of at least 4 members (excludes halogenated alkanes) is 3. The van der Waals surface area contributed by atoms with Crippen molar-refractivity contribution in [1.29, 1.82) is 0 Å². The molecule has 4 unspecified atom stereocenters. The second-order valence-electron chi connectivity index (χ2n) is 18.5. The molecule has 9 N–H and O–H groups in total. The summed E-state index contributed by atoms with van der Waals surface area (Å²) in [6, 6.07) is -0.936. The van der Waals surface area contributed by atoms with Crippen LogP contribution in [0.3, 0.4) is 0 Å². The quantitative estimate of drug-likeness (QED) is 0.0733. The zero-order valence-corrected chi connectivity index (χ0v) is 43.4. The van der Waals surface area contributed by atoms with Crippen molar-refractivity contribution in [3.05, 3.63) is 130 Å². The van der Waals surface area contributed by atoms with Crippen LogP contribution in [0.5, 0.6) is 0 Å². The third kappa shape index (κ3) is 21.6. The number of Topliss-reactive ketones (excluding diaryl/α,β-unsaturated/α-hetero) is 2. The topological polar surface area (TPSA) is 170 Å². The van der Waals surface area contributed by atoms with Gasteiger partial charge in [0.2, 0.25) is 0 Å². The van der Waals surface area contributed by atoms with Gasteiger partial charge in [-0.05, 0) is 93.9 Å². The van der Waals surface area contributed by atoms with E-state index in [-0.39, 0.29) is 65.6 Å². The van der Waals surface area contributed by atoms with Crippen molar-refractivity contribution >= 4 is 23.5 Å². The minimum Gasteiger partial charge on any atom is -1.00 e. The maximum absolute atomic E-state index is 13.3. The summed E-state index contributed by atoms with van der Waals surface area (Å²) in [6.07, 6.45) is 33.9. The monoisotopic (exact) mass is 960 g/mol. The van der Waals surface area contributed by atoms with Crippen LogP contribution in [0.25, 0.3) is 0 Å². The van der Waals surface area contributed by atoms with Gasteiger partial charge in [0.25, 0.3) is 0 Å². The first-order valence-electron chi connectivity index (χ1n) is 22.6. The van der Waals surface area contributed by atoms with E-state index in [1.807, 2.05) is 95.4 Å². The average molecular weight is 962 g/mol. The van der Waals surface area contributed by atoms with Crippen LogP contribution in [0.4, 0.5) is 0 Å². The smallest absolute Gasteiger partial charge is 0.365 e. The van der Waals surface area contributed by atoms with E-state index in [1.54, 1.807) is 0 Å². The number of esters is 2. The Hall–Kier alpha value is -3.83. The molecule has 0 aromatic rings. The zero-order valence-electron chi connectivity index (χ0n) is 41.2. The molecule has 0 amide bonds. The van der Waals surface area contributed by atoms with Crippen LogP contribution in [0, 0.1) is 10.8 Å². The molecule has 0 fully saturated rings. The summed E-state index contributed by atoms with van der Waals surface area (Å²) < 4.78 is 11.4. The third-order valence-corrected chi connectivity index (χ3v) is 11.7. The van der Waals surface area contributed by atoms with E-state index >= 15 is 0 Å². The van der Waals surface area contributed by atoms with E-state index in [9.17, 15) is 19.2 Å². The van der Waals surface area contributed by atoms with Crippen molar-refractivity contribution in [3.63, 3.8) is 0 Å². The van der Waals surface area contributed by atoms with E-state index in [2.05, 4.69) is 83.0 Å². The summed E-state index contributed by atoms with van der Waals surface area (Å²) in [4.78, 5) is 51.8. The molecule has 0 spiro atoms. The first-order valence-corrected chi connectivity index (χ1v) is 22.6. The molecule has 4 atom stereocenters. The normalized spacial score (nSPS) is 20.7. The molecule has 65 heavy (non-hydrogen) atoms. The van der Waals surface area contributed by atoms with E-state index in [0.29, 0.717) is 36.8 Å². The number of carbonyl (C=O) groups is 4. The molecule has 364 valence electrons. The Morgan fingerprint density at radius 1 is 0.600 bits per heavy atom. The number of carbonyl (C=O) groups excluding carboxylic acids is 4. The van der Waals surface area contributed by atoms with Crippen LogP contribution in [-0.2, 0) is 28.7 Å². The predicted octanol–water partition coefficient (Wildman–Crippen LogP) is -0.767. The SMILES string of the molecule is CCCCCC([NH3+])C(=O)OC1CC(C)(C)C(/C=C/C(C)=C/C=C/C(C)=C/C=C/C=C(C)/C=C/C=C(C)/C=C/C2=C(C)C(=O)C(OC(=O)C([NH3+])CCCC[NH3+])CC2(C)C)=C(C)C1=O.[Cl-].[Cl-].[Cl-]. The van der Waals surface area contributed by atoms with Crippen molar-refractivity contribution in [3.8, 4) is 0 Å². The molecule has 0 aromatic carbocycles. The standard InChI is InChI=1S/C53H77N3O6.3ClH/c1-12-13-14-27-44(55)50(59)61-46-34-52(8,9)42(40(6)48(46)57)31-29-38(4)25-19-23-36(2)21-15-16-22-37(3)24-20-26-39(5)30-32-43-41(7)49(58)47(35-53(43,10)11)62-51(60)45(56)28-17-18-33-54;;;/h15-16,19-26,29-32,44-47H,12-14,17-18,27-28,33-35,54-56H2,1-11H3;3*1H/b16-15+,23-19+,24-20+,31-29+,32-30+,36-21+,37-22+,38-25+,39-26+;;;. The Balaban J connectivity index is 0. The number of quaternary nitrogens is 3. The van der Waals surface area contributed by atoms with E-state index in [0.717, 1.165) is 72.1 Å². The van der Waals surface area contributed by atoms with Crippen molar-refractivity contribution in [2.45, 2.75) is 158 Å². The fraction of sp³-hybridized carbons (Fsp3) is 0.509. The third-order valence-electron chi connectivity index (χ3n) is 11.7. The van der Waals surface area contributed by atoms with Crippen molar-refractivity contribution in [1.82, 2.24) is 0 Å². The van der Waals surface area contributed by atoms with E-state index in [1.165, 1.54) is 0 Å². The Bertz CT molecular complexity index is 1820. The van der Waals surface area contributed by atoms with Gasteiger partial charge in [-0.1, -0.05) is 155 Å². The lowest BCUT2D eigenvalue weighted by Gasteiger charge is -2.36. The van der Waals surface area contributed by atoms with E-state index < -0.39 is 30.3 Å². The molecule has 9 nitrogen and oxygen atoms in total. The lowest BCUT2D eigenvalue weighted by atomic mass is 9.71. The maximum atomic E-state index is 13.3. The van der Waals surface area contributed by atoms with Gasteiger partial charge < -0.3 is 63.9 Å². The second-order valence-corrected chi connectivity index (χ2v) is 18.5. The van der Waals surface area contributed by atoms with Gasteiger partial charge in [0.15, 0.2) is 35.9 Å². The first kappa shape index (κ1) is 63.3.